The molecule has 2 heterocycles. The second-order valence-electron chi connectivity index (χ2n) is 5.84. The van der Waals surface area contributed by atoms with Crippen molar-refractivity contribution in [2.75, 3.05) is 19.8 Å². The van der Waals surface area contributed by atoms with E-state index in [4.69, 9.17) is 9.84 Å². The number of aliphatic carboxylic acids is 1. The van der Waals surface area contributed by atoms with Crippen molar-refractivity contribution < 1.29 is 19.4 Å². The molecule has 122 valence electrons. The predicted octanol–water partition coefficient (Wildman–Crippen LogP) is 1.15. The lowest BCUT2D eigenvalue weighted by atomic mass is 10.1. The van der Waals surface area contributed by atoms with E-state index in [1.54, 1.807) is 4.90 Å². The Morgan fingerprint density at radius 2 is 2.23 bits per heavy atom. The highest BCUT2D eigenvalue weighted by molar-refractivity contribution is 5.78. The van der Waals surface area contributed by atoms with Crippen molar-refractivity contribution in [3.8, 4) is 0 Å². The third-order valence-corrected chi connectivity index (χ3v) is 3.89. The van der Waals surface area contributed by atoms with Crippen molar-refractivity contribution >= 4 is 11.9 Å². The van der Waals surface area contributed by atoms with Crippen LogP contribution in [0.3, 0.4) is 0 Å². The normalized spacial score (nSPS) is 20.0. The van der Waals surface area contributed by atoms with Gasteiger partial charge in [-0.05, 0) is 26.8 Å². The van der Waals surface area contributed by atoms with Gasteiger partial charge < -0.3 is 14.7 Å². The van der Waals surface area contributed by atoms with Crippen LogP contribution in [0.25, 0.3) is 0 Å². The fourth-order valence-corrected chi connectivity index (χ4v) is 2.90. The molecule has 0 bridgehead atoms. The third kappa shape index (κ3) is 3.85. The Labute approximate surface area is 129 Å². The molecule has 0 radical (unpaired) electrons. The molecule has 1 fully saturated rings. The van der Waals surface area contributed by atoms with Crippen molar-refractivity contribution in [1.29, 1.82) is 0 Å². The van der Waals surface area contributed by atoms with E-state index in [9.17, 15) is 9.59 Å². The molecule has 22 heavy (non-hydrogen) atoms. The number of carbonyl (C=O) groups excluding carboxylic acids is 1. The molecule has 1 N–H and O–H groups in total. The van der Waals surface area contributed by atoms with Crippen LogP contribution in [0.1, 0.15) is 37.2 Å². The third-order valence-electron chi connectivity index (χ3n) is 3.89. The number of aromatic nitrogens is 2. The van der Waals surface area contributed by atoms with Crippen LogP contribution in [0, 0.1) is 13.8 Å². The molecule has 2 atom stereocenters. The predicted molar refractivity (Wildman–Crippen MR) is 79.6 cm³/mol. The number of carboxylic acids is 1. The smallest absolute Gasteiger partial charge is 0.305 e. The minimum Gasteiger partial charge on any atom is -0.481 e. The molecule has 2 rings (SSSR count). The summed E-state index contributed by atoms with van der Waals surface area (Å²) in [5, 5.41) is 13.4. The quantitative estimate of drug-likeness (QED) is 0.882. The lowest BCUT2D eigenvalue weighted by molar-refractivity contribution is -0.146. The fourth-order valence-electron chi connectivity index (χ4n) is 2.90. The molecule has 7 nitrogen and oxygen atoms in total. The molecule has 7 heteroatoms. The van der Waals surface area contributed by atoms with Crippen molar-refractivity contribution in [1.82, 2.24) is 14.7 Å². The maximum Gasteiger partial charge on any atom is 0.305 e. The van der Waals surface area contributed by atoms with Gasteiger partial charge in [0.05, 0.1) is 37.4 Å². The van der Waals surface area contributed by atoms with Crippen molar-refractivity contribution in [2.45, 2.75) is 45.7 Å². The van der Waals surface area contributed by atoms with Gasteiger partial charge in [-0.15, -0.1) is 0 Å². The maximum atomic E-state index is 12.5. The minimum absolute atomic E-state index is 0.0467. The van der Waals surface area contributed by atoms with Crippen LogP contribution in [-0.2, 0) is 14.3 Å². The average Bonchev–Trinajstić information content (AvgIpc) is 2.77. The number of rotatable bonds is 5. The highest BCUT2D eigenvalue weighted by Crippen LogP contribution is 2.19. The summed E-state index contributed by atoms with van der Waals surface area (Å²) >= 11 is 0. The Balaban J connectivity index is 2.03. The Hall–Kier alpha value is -1.89. The van der Waals surface area contributed by atoms with Gasteiger partial charge in [0.25, 0.3) is 0 Å². The number of ether oxygens (including phenoxy) is 1. The molecule has 2 unspecified atom stereocenters. The van der Waals surface area contributed by atoms with E-state index in [0.29, 0.717) is 19.6 Å². The first-order chi connectivity index (χ1) is 10.4. The average molecular weight is 309 g/mol. The Bertz CT molecular complexity index is 555. The van der Waals surface area contributed by atoms with Gasteiger partial charge in [-0.2, -0.15) is 5.10 Å². The number of hydrogen-bond acceptors (Lipinski definition) is 4. The number of carboxylic acid groups (broad SMARTS) is 1. The summed E-state index contributed by atoms with van der Waals surface area (Å²) in [6, 6.07) is 1.53. The summed E-state index contributed by atoms with van der Waals surface area (Å²) in [7, 11) is 0. The van der Waals surface area contributed by atoms with Gasteiger partial charge in [-0.3, -0.25) is 14.3 Å². The first kappa shape index (κ1) is 16.5. The molecule has 0 aliphatic carbocycles. The van der Waals surface area contributed by atoms with Gasteiger partial charge in [0.1, 0.15) is 0 Å². The summed E-state index contributed by atoms with van der Waals surface area (Å²) in [5.74, 6) is -0.963. The van der Waals surface area contributed by atoms with Crippen molar-refractivity contribution in [2.24, 2.45) is 0 Å². The van der Waals surface area contributed by atoms with Crippen LogP contribution in [0.15, 0.2) is 6.07 Å². The van der Waals surface area contributed by atoms with E-state index in [0.717, 1.165) is 11.4 Å². The first-order valence-electron chi connectivity index (χ1n) is 7.50. The van der Waals surface area contributed by atoms with Crippen LogP contribution in [0.4, 0.5) is 0 Å². The van der Waals surface area contributed by atoms with Gasteiger partial charge in [0.15, 0.2) is 0 Å². The van der Waals surface area contributed by atoms with Crippen LogP contribution < -0.4 is 0 Å². The molecular weight excluding hydrogens is 286 g/mol. The highest BCUT2D eigenvalue weighted by atomic mass is 16.5. The zero-order chi connectivity index (χ0) is 16.3. The molecule has 0 spiro atoms. The zero-order valence-corrected chi connectivity index (χ0v) is 13.3. The topological polar surface area (TPSA) is 84.7 Å². The number of carbonyl (C=O) groups is 2. The van der Waals surface area contributed by atoms with Gasteiger partial charge in [-0.25, -0.2) is 0 Å². The molecule has 1 amide bonds. The van der Waals surface area contributed by atoms with Crippen LogP contribution in [0.5, 0.6) is 0 Å². The van der Waals surface area contributed by atoms with Gasteiger partial charge in [0.2, 0.25) is 5.91 Å². The molecule has 1 aromatic heterocycles. The van der Waals surface area contributed by atoms with E-state index in [1.165, 1.54) is 0 Å². The highest BCUT2D eigenvalue weighted by Gasteiger charge is 2.30. The summed E-state index contributed by atoms with van der Waals surface area (Å²) in [4.78, 5) is 25.1. The summed E-state index contributed by atoms with van der Waals surface area (Å²) in [5.41, 5.74) is 1.94. The van der Waals surface area contributed by atoms with E-state index in [-0.39, 0.29) is 31.0 Å². The molecule has 1 saturated heterocycles. The maximum absolute atomic E-state index is 12.5. The van der Waals surface area contributed by atoms with Crippen molar-refractivity contribution in [3.05, 3.63) is 17.5 Å². The second kappa shape index (κ2) is 6.91. The largest absolute Gasteiger partial charge is 0.481 e. The molecular formula is C15H23N3O4. The van der Waals surface area contributed by atoms with Crippen LogP contribution in [-0.4, -0.2) is 57.5 Å². The van der Waals surface area contributed by atoms with Crippen LogP contribution >= 0.6 is 0 Å². The number of hydrogen-bond donors (Lipinski definition) is 1. The summed E-state index contributed by atoms with van der Waals surface area (Å²) in [6.45, 7) is 7.01. The zero-order valence-electron chi connectivity index (χ0n) is 13.3. The van der Waals surface area contributed by atoms with E-state index < -0.39 is 5.97 Å². The van der Waals surface area contributed by atoms with E-state index in [1.807, 2.05) is 31.5 Å². The molecule has 1 aliphatic heterocycles. The molecule has 0 saturated carbocycles. The number of amides is 1. The monoisotopic (exact) mass is 309 g/mol. The van der Waals surface area contributed by atoms with E-state index in [2.05, 4.69) is 5.10 Å². The Morgan fingerprint density at radius 1 is 1.50 bits per heavy atom. The number of nitrogens with zero attached hydrogens (tertiary/aromatic N) is 3. The summed E-state index contributed by atoms with van der Waals surface area (Å²) in [6.07, 6.45) is 0.220. The molecule has 0 aromatic carbocycles. The van der Waals surface area contributed by atoms with Crippen LogP contribution in [0.2, 0.25) is 0 Å². The minimum atomic E-state index is -0.917. The summed E-state index contributed by atoms with van der Waals surface area (Å²) < 4.78 is 7.15. The SMILES string of the molecule is Cc1cc(C)n(C(C)CC(=O)N2CCOCC2CC(=O)O)n1. The standard InChI is InChI=1S/C15H23N3O4/c1-10-6-11(2)18(16-10)12(3)7-14(19)17-4-5-22-9-13(17)8-15(20)21/h6,12-13H,4-5,7-9H2,1-3H3,(H,20,21). The van der Waals surface area contributed by atoms with Gasteiger partial charge in [0, 0.05) is 18.7 Å². The Morgan fingerprint density at radius 3 is 2.82 bits per heavy atom. The Kier molecular flexibility index (Phi) is 5.18. The molecule has 1 aliphatic rings. The second-order valence-corrected chi connectivity index (χ2v) is 5.84. The fraction of sp³-hybridized carbons (Fsp3) is 0.667. The molecule has 1 aromatic rings. The van der Waals surface area contributed by atoms with Crippen molar-refractivity contribution in [3.63, 3.8) is 0 Å². The van der Waals surface area contributed by atoms with Gasteiger partial charge >= 0.3 is 5.97 Å². The first-order valence-corrected chi connectivity index (χ1v) is 7.50. The van der Waals surface area contributed by atoms with Gasteiger partial charge in [-0.1, -0.05) is 0 Å². The number of morpholine rings is 1. The lowest BCUT2D eigenvalue weighted by Gasteiger charge is -2.35. The number of aryl methyl sites for hydroxylation is 2. The van der Waals surface area contributed by atoms with E-state index >= 15 is 0 Å². The lowest BCUT2D eigenvalue weighted by Crippen LogP contribution is -2.49.